The molecule has 6 rings (SSSR count). The number of fused-ring (bicyclic) bond motifs is 2. The summed E-state index contributed by atoms with van der Waals surface area (Å²) >= 11 is 6.65. The van der Waals surface area contributed by atoms with E-state index in [1.807, 2.05) is 0 Å². The number of alkyl halides is 5. The Morgan fingerprint density at radius 3 is 2.75 bits per heavy atom. The Hall–Kier alpha value is -4.31. The van der Waals surface area contributed by atoms with Gasteiger partial charge in [-0.2, -0.15) is 23.3 Å². The number of halogens is 6. The van der Waals surface area contributed by atoms with E-state index in [1.165, 1.54) is 17.0 Å². The van der Waals surface area contributed by atoms with Crippen LogP contribution in [0.1, 0.15) is 24.8 Å². The monoisotopic (exact) mass is 637 g/mol. The highest BCUT2D eigenvalue weighted by atomic mass is 35.5. The van der Waals surface area contributed by atoms with Crippen LogP contribution in [0.3, 0.4) is 0 Å². The van der Waals surface area contributed by atoms with Gasteiger partial charge in [-0.25, -0.2) is 18.3 Å². The van der Waals surface area contributed by atoms with Crippen molar-refractivity contribution in [2.45, 2.75) is 37.9 Å². The average Bonchev–Trinajstić information content (AvgIpc) is 3.51. The van der Waals surface area contributed by atoms with E-state index in [4.69, 9.17) is 16.3 Å². The van der Waals surface area contributed by atoms with Crippen molar-refractivity contribution in [3.05, 3.63) is 64.2 Å². The Labute approximate surface area is 250 Å². The van der Waals surface area contributed by atoms with E-state index >= 15 is 0 Å². The maximum Gasteiger partial charge on any atom is 0.417 e. The van der Waals surface area contributed by atoms with Gasteiger partial charge in [-0.3, -0.25) is 14.7 Å². The lowest BCUT2D eigenvalue weighted by Crippen LogP contribution is -2.43. The molecule has 6 heterocycles. The fourth-order valence-electron chi connectivity index (χ4n) is 5.17. The molecule has 1 aliphatic heterocycles. The van der Waals surface area contributed by atoms with Gasteiger partial charge >= 0.3 is 6.18 Å². The van der Waals surface area contributed by atoms with Crippen molar-refractivity contribution >= 4 is 39.9 Å². The lowest BCUT2D eigenvalue weighted by Gasteiger charge is -2.32. The van der Waals surface area contributed by atoms with Crippen molar-refractivity contribution in [1.29, 1.82) is 0 Å². The van der Waals surface area contributed by atoms with Crippen molar-refractivity contribution in [2.75, 3.05) is 25.0 Å². The molecule has 0 bridgehead atoms. The first-order valence-corrected chi connectivity index (χ1v) is 13.9. The van der Waals surface area contributed by atoms with Gasteiger partial charge in [0.05, 0.1) is 30.7 Å². The molecule has 0 amide bonds. The van der Waals surface area contributed by atoms with Crippen LogP contribution in [0, 0.1) is 0 Å². The largest absolute Gasteiger partial charge is 0.450 e. The van der Waals surface area contributed by atoms with Crippen molar-refractivity contribution < 1.29 is 26.7 Å². The quantitative estimate of drug-likeness (QED) is 0.222. The summed E-state index contributed by atoms with van der Waals surface area (Å²) in [6, 6.07) is 0.701. The molecule has 0 unspecified atom stereocenters. The molecule has 0 aromatic carbocycles. The van der Waals surface area contributed by atoms with E-state index in [0.717, 1.165) is 10.8 Å². The Bertz CT molecular complexity index is 1900. The lowest BCUT2D eigenvalue weighted by molar-refractivity contribution is -0.138. The van der Waals surface area contributed by atoms with Gasteiger partial charge < -0.3 is 19.2 Å². The number of imidazole rings is 1. The maximum atomic E-state index is 13.8. The summed E-state index contributed by atoms with van der Waals surface area (Å²) in [6.07, 6.45) is 3.90. The Kier molecular flexibility index (Phi) is 7.65. The van der Waals surface area contributed by atoms with E-state index in [2.05, 4.69) is 25.4 Å². The van der Waals surface area contributed by atoms with Crippen molar-refractivity contribution in [1.82, 2.24) is 38.6 Å². The van der Waals surface area contributed by atoms with Crippen molar-refractivity contribution in [3.8, 4) is 11.5 Å². The van der Waals surface area contributed by atoms with E-state index in [9.17, 15) is 26.7 Å². The zero-order valence-corrected chi connectivity index (χ0v) is 23.9. The maximum absolute atomic E-state index is 13.8. The minimum Gasteiger partial charge on any atom is -0.450 e. The number of anilines is 2. The fourth-order valence-corrected chi connectivity index (χ4v) is 5.47. The summed E-state index contributed by atoms with van der Waals surface area (Å²) in [5.41, 5.74) is -1.15. The van der Waals surface area contributed by atoms with Crippen LogP contribution in [0.2, 0.25) is 5.02 Å². The molecule has 5 aromatic heterocycles. The summed E-state index contributed by atoms with van der Waals surface area (Å²) in [5.74, 6) is -2.27. The van der Waals surface area contributed by atoms with Gasteiger partial charge in [0, 0.05) is 45.1 Å². The molecule has 0 radical (unpaired) electrons. The third-order valence-electron chi connectivity index (χ3n) is 7.32. The molecule has 1 saturated heterocycles. The van der Waals surface area contributed by atoms with Crippen LogP contribution >= 0.6 is 11.6 Å². The van der Waals surface area contributed by atoms with Gasteiger partial charge in [0.1, 0.15) is 21.7 Å². The van der Waals surface area contributed by atoms with Crippen molar-refractivity contribution in [2.24, 2.45) is 7.05 Å². The van der Waals surface area contributed by atoms with E-state index in [1.54, 1.807) is 35.1 Å². The van der Waals surface area contributed by atoms with Gasteiger partial charge in [-0.15, -0.1) is 0 Å². The standard InChI is InChI=1S/C27H25ClF5N9O2/c1-39-22-21(28)20(44-19-13-36-42-9-5-34-11-18(19)42)12-35-23(22)38-25(39)37-17-10-16(27(31,32)33)14-41(24(17)43)8-3-7-40-6-2-4-26(29,30)15-40/h5,9-14H,2-4,6-8,15H2,1H3,(H,35,37,38). The number of nitrogens with one attached hydrogen (secondary N) is 1. The first-order valence-electron chi connectivity index (χ1n) is 13.5. The van der Waals surface area contributed by atoms with Crippen LogP contribution < -0.4 is 15.6 Å². The number of hydrogen-bond donors (Lipinski definition) is 1. The second kappa shape index (κ2) is 11.3. The van der Waals surface area contributed by atoms with Crippen LogP contribution in [0.5, 0.6) is 11.5 Å². The predicted molar refractivity (Wildman–Crippen MR) is 151 cm³/mol. The number of piperidine rings is 1. The van der Waals surface area contributed by atoms with Crippen LogP contribution in [0.15, 0.2) is 48.0 Å². The summed E-state index contributed by atoms with van der Waals surface area (Å²) < 4.78 is 78.8. The molecule has 0 spiro atoms. The van der Waals surface area contributed by atoms with Crippen molar-refractivity contribution in [3.63, 3.8) is 0 Å². The molecule has 5 aromatic rings. The van der Waals surface area contributed by atoms with Crippen LogP contribution in [-0.4, -0.2) is 64.2 Å². The highest BCUT2D eigenvalue weighted by Gasteiger charge is 2.35. The summed E-state index contributed by atoms with van der Waals surface area (Å²) in [7, 11) is 1.55. The number of aromatic nitrogens is 7. The number of nitrogens with zero attached hydrogens (tertiary/aromatic N) is 8. The minimum atomic E-state index is -4.75. The Morgan fingerprint density at radius 2 is 1.98 bits per heavy atom. The number of hydrogen-bond acceptors (Lipinski definition) is 8. The van der Waals surface area contributed by atoms with Gasteiger partial charge in [-0.1, -0.05) is 11.6 Å². The third-order valence-corrected chi connectivity index (χ3v) is 7.68. The van der Waals surface area contributed by atoms with Gasteiger partial charge in [0.15, 0.2) is 17.1 Å². The highest BCUT2D eigenvalue weighted by molar-refractivity contribution is 6.36. The number of pyridine rings is 2. The molecule has 0 atom stereocenters. The van der Waals surface area contributed by atoms with Crippen LogP contribution in [0.4, 0.5) is 33.6 Å². The summed E-state index contributed by atoms with van der Waals surface area (Å²) in [6.45, 7) is 0.164. The van der Waals surface area contributed by atoms with E-state index in [0.29, 0.717) is 35.8 Å². The number of likely N-dealkylation sites (tertiary alicyclic amines) is 1. The molecule has 232 valence electrons. The second-order valence-corrected chi connectivity index (χ2v) is 10.9. The molecule has 11 nitrogen and oxygen atoms in total. The summed E-state index contributed by atoms with van der Waals surface area (Å²) in [4.78, 5) is 27.5. The Morgan fingerprint density at radius 1 is 1.16 bits per heavy atom. The lowest BCUT2D eigenvalue weighted by atomic mass is 10.1. The molecule has 1 N–H and O–H groups in total. The highest BCUT2D eigenvalue weighted by Crippen LogP contribution is 2.37. The van der Waals surface area contributed by atoms with Gasteiger partial charge in [0.25, 0.3) is 11.5 Å². The molecular weight excluding hydrogens is 613 g/mol. The fraction of sp³-hybridized carbons (Fsp3) is 0.370. The minimum absolute atomic E-state index is 0.00487. The molecule has 17 heteroatoms. The smallest absolute Gasteiger partial charge is 0.417 e. The molecular formula is C27H25ClF5N9O2. The van der Waals surface area contributed by atoms with Crippen LogP contribution in [-0.2, 0) is 19.8 Å². The normalized spacial score (nSPS) is 15.7. The third kappa shape index (κ3) is 5.91. The molecule has 1 aliphatic rings. The number of rotatable bonds is 8. The van der Waals surface area contributed by atoms with Gasteiger partial charge in [-0.05, 0) is 25.5 Å². The topological polar surface area (TPSA) is 107 Å². The van der Waals surface area contributed by atoms with E-state index in [-0.39, 0.29) is 54.0 Å². The summed E-state index contributed by atoms with van der Waals surface area (Å²) in [5, 5.41) is 6.99. The first-order chi connectivity index (χ1) is 20.9. The second-order valence-electron chi connectivity index (χ2n) is 10.5. The Balaban J connectivity index is 1.27. The SMILES string of the molecule is Cn1c(Nc2cc(C(F)(F)F)cn(CCCN3CCCC(F)(F)C3)c2=O)nc2ncc(Oc3cnn4ccncc34)c(Cl)c21. The van der Waals surface area contributed by atoms with E-state index < -0.39 is 29.8 Å². The first kappa shape index (κ1) is 29.7. The zero-order valence-electron chi connectivity index (χ0n) is 23.2. The van der Waals surface area contributed by atoms with Gasteiger partial charge in [0.2, 0.25) is 5.95 Å². The number of aryl methyl sites for hydroxylation is 2. The molecule has 1 fully saturated rings. The molecule has 44 heavy (non-hydrogen) atoms. The average molecular weight is 638 g/mol. The van der Waals surface area contributed by atoms with Crippen LogP contribution in [0.25, 0.3) is 16.7 Å². The molecule has 0 aliphatic carbocycles. The predicted octanol–water partition coefficient (Wildman–Crippen LogP) is 5.50. The number of ether oxygens (including phenoxy) is 1. The molecule has 0 saturated carbocycles. The zero-order chi connectivity index (χ0) is 31.2.